The van der Waals surface area contributed by atoms with Gasteiger partial charge in [-0.2, -0.15) is 0 Å². The SMILES string of the molecule is c1cc(NC2CCCC2)c2c(c1)OCCO2. The molecule has 3 rings (SSSR count). The van der Waals surface area contributed by atoms with E-state index in [1.807, 2.05) is 12.1 Å². The maximum absolute atomic E-state index is 5.68. The van der Waals surface area contributed by atoms with Gasteiger partial charge in [0.05, 0.1) is 5.69 Å². The van der Waals surface area contributed by atoms with Gasteiger partial charge in [0.2, 0.25) is 0 Å². The van der Waals surface area contributed by atoms with Crippen LogP contribution in [-0.2, 0) is 0 Å². The summed E-state index contributed by atoms with van der Waals surface area (Å²) in [5.41, 5.74) is 1.09. The molecule has 1 saturated carbocycles. The number of benzene rings is 1. The molecular weight excluding hydrogens is 202 g/mol. The number of anilines is 1. The molecule has 0 unspecified atom stereocenters. The summed E-state index contributed by atoms with van der Waals surface area (Å²) in [6, 6.07) is 6.67. The average molecular weight is 219 g/mol. The molecule has 2 aliphatic rings. The predicted octanol–water partition coefficient (Wildman–Crippen LogP) is 2.81. The Labute approximate surface area is 95.8 Å². The molecule has 0 spiro atoms. The minimum absolute atomic E-state index is 0.608. The first kappa shape index (κ1) is 9.82. The van der Waals surface area contributed by atoms with Crippen molar-refractivity contribution in [1.29, 1.82) is 0 Å². The normalized spacial score (nSPS) is 19.8. The third kappa shape index (κ3) is 1.82. The summed E-state index contributed by atoms with van der Waals surface area (Å²) >= 11 is 0. The highest BCUT2D eigenvalue weighted by Crippen LogP contribution is 2.38. The van der Waals surface area contributed by atoms with E-state index < -0.39 is 0 Å². The number of fused-ring (bicyclic) bond motifs is 1. The fourth-order valence-corrected chi connectivity index (χ4v) is 2.48. The highest BCUT2D eigenvalue weighted by molar-refractivity contribution is 5.64. The Hall–Kier alpha value is -1.38. The van der Waals surface area contributed by atoms with Gasteiger partial charge in [-0.05, 0) is 25.0 Å². The smallest absolute Gasteiger partial charge is 0.184 e. The Morgan fingerprint density at radius 3 is 2.75 bits per heavy atom. The van der Waals surface area contributed by atoms with E-state index in [9.17, 15) is 0 Å². The molecule has 3 nitrogen and oxygen atoms in total. The Balaban J connectivity index is 1.82. The Bertz CT molecular complexity index is 372. The van der Waals surface area contributed by atoms with Crippen molar-refractivity contribution >= 4 is 5.69 Å². The molecule has 0 saturated heterocycles. The molecule has 0 atom stereocenters. The Morgan fingerprint density at radius 1 is 1.06 bits per heavy atom. The molecule has 0 amide bonds. The number of hydrogen-bond acceptors (Lipinski definition) is 3. The highest BCUT2D eigenvalue weighted by atomic mass is 16.6. The molecule has 1 heterocycles. The predicted molar refractivity (Wildman–Crippen MR) is 63.3 cm³/mol. The van der Waals surface area contributed by atoms with Crippen molar-refractivity contribution in [3.05, 3.63) is 18.2 Å². The van der Waals surface area contributed by atoms with Gasteiger partial charge in [0.15, 0.2) is 11.5 Å². The quantitative estimate of drug-likeness (QED) is 0.829. The molecule has 1 aliphatic heterocycles. The van der Waals surface area contributed by atoms with Crippen molar-refractivity contribution in [2.24, 2.45) is 0 Å². The van der Waals surface area contributed by atoms with E-state index in [-0.39, 0.29) is 0 Å². The second-order valence-electron chi connectivity index (χ2n) is 4.46. The standard InChI is InChI=1S/C13H17NO2/c1-2-5-10(4-1)14-11-6-3-7-12-13(11)16-9-8-15-12/h3,6-7,10,14H,1-2,4-5,8-9H2. The van der Waals surface area contributed by atoms with Gasteiger partial charge in [0.1, 0.15) is 13.2 Å². The highest BCUT2D eigenvalue weighted by Gasteiger charge is 2.19. The largest absolute Gasteiger partial charge is 0.486 e. The first-order valence-electron chi connectivity index (χ1n) is 6.08. The first-order valence-corrected chi connectivity index (χ1v) is 6.08. The lowest BCUT2D eigenvalue weighted by Crippen LogP contribution is -2.19. The zero-order valence-electron chi connectivity index (χ0n) is 9.37. The molecular formula is C13H17NO2. The summed E-state index contributed by atoms with van der Waals surface area (Å²) in [7, 11) is 0. The van der Waals surface area contributed by atoms with Crippen LogP contribution < -0.4 is 14.8 Å². The van der Waals surface area contributed by atoms with Crippen LogP contribution in [0.5, 0.6) is 11.5 Å². The minimum atomic E-state index is 0.608. The average Bonchev–Trinajstić information content (AvgIpc) is 2.82. The van der Waals surface area contributed by atoms with E-state index in [0.29, 0.717) is 19.3 Å². The van der Waals surface area contributed by atoms with E-state index in [1.54, 1.807) is 0 Å². The third-order valence-corrected chi connectivity index (χ3v) is 3.28. The van der Waals surface area contributed by atoms with E-state index in [1.165, 1.54) is 25.7 Å². The van der Waals surface area contributed by atoms with Crippen molar-refractivity contribution in [1.82, 2.24) is 0 Å². The summed E-state index contributed by atoms with van der Waals surface area (Å²) in [5, 5.41) is 3.56. The second-order valence-corrected chi connectivity index (χ2v) is 4.46. The summed E-state index contributed by atoms with van der Waals surface area (Å²) in [6.07, 6.45) is 5.21. The van der Waals surface area contributed by atoms with E-state index in [0.717, 1.165) is 17.2 Å². The number of rotatable bonds is 2. The molecule has 16 heavy (non-hydrogen) atoms. The Kier molecular flexibility index (Phi) is 2.60. The second kappa shape index (κ2) is 4.24. The van der Waals surface area contributed by atoms with Crippen molar-refractivity contribution in [2.45, 2.75) is 31.7 Å². The molecule has 86 valence electrons. The molecule has 1 aliphatic carbocycles. The molecule has 0 aromatic heterocycles. The van der Waals surface area contributed by atoms with Crippen LogP contribution in [0.3, 0.4) is 0 Å². The number of para-hydroxylation sites is 1. The van der Waals surface area contributed by atoms with Gasteiger partial charge < -0.3 is 14.8 Å². The number of nitrogens with one attached hydrogen (secondary N) is 1. The third-order valence-electron chi connectivity index (χ3n) is 3.28. The van der Waals surface area contributed by atoms with Gasteiger partial charge in [-0.15, -0.1) is 0 Å². The first-order chi connectivity index (χ1) is 7.93. The molecule has 1 fully saturated rings. The van der Waals surface area contributed by atoms with Crippen molar-refractivity contribution in [3.8, 4) is 11.5 Å². The molecule has 1 aromatic rings. The minimum Gasteiger partial charge on any atom is -0.486 e. The van der Waals surface area contributed by atoms with Crippen molar-refractivity contribution in [3.63, 3.8) is 0 Å². The number of hydrogen-bond donors (Lipinski definition) is 1. The van der Waals surface area contributed by atoms with Crippen molar-refractivity contribution < 1.29 is 9.47 Å². The van der Waals surface area contributed by atoms with Gasteiger partial charge in [-0.1, -0.05) is 18.9 Å². The van der Waals surface area contributed by atoms with Gasteiger partial charge in [-0.3, -0.25) is 0 Å². The van der Waals surface area contributed by atoms with Gasteiger partial charge in [-0.25, -0.2) is 0 Å². The van der Waals surface area contributed by atoms with Crippen LogP contribution in [0.15, 0.2) is 18.2 Å². The summed E-state index contributed by atoms with van der Waals surface area (Å²) in [6.45, 7) is 1.30. The van der Waals surface area contributed by atoms with Crippen LogP contribution in [-0.4, -0.2) is 19.3 Å². The molecule has 3 heteroatoms. The lowest BCUT2D eigenvalue weighted by Gasteiger charge is -2.23. The summed E-state index contributed by atoms with van der Waals surface area (Å²) in [4.78, 5) is 0. The lowest BCUT2D eigenvalue weighted by molar-refractivity contribution is 0.172. The zero-order valence-corrected chi connectivity index (χ0v) is 9.37. The van der Waals surface area contributed by atoms with Crippen molar-refractivity contribution in [2.75, 3.05) is 18.5 Å². The maximum Gasteiger partial charge on any atom is 0.184 e. The van der Waals surface area contributed by atoms with E-state index in [4.69, 9.17) is 9.47 Å². The Morgan fingerprint density at radius 2 is 1.88 bits per heavy atom. The maximum atomic E-state index is 5.68. The van der Waals surface area contributed by atoms with Crippen LogP contribution in [0.2, 0.25) is 0 Å². The van der Waals surface area contributed by atoms with E-state index >= 15 is 0 Å². The monoisotopic (exact) mass is 219 g/mol. The summed E-state index contributed by atoms with van der Waals surface area (Å²) < 4.78 is 11.2. The van der Waals surface area contributed by atoms with Crippen LogP contribution in [0.4, 0.5) is 5.69 Å². The van der Waals surface area contributed by atoms with Gasteiger partial charge >= 0.3 is 0 Å². The topological polar surface area (TPSA) is 30.5 Å². The van der Waals surface area contributed by atoms with Crippen LogP contribution in [0.25, 0.3) is 0 Å². The van der Waals surface area contributed by atoms with Crippen LogP contribution in [0.1, 0.15) is 25.7 Å². The summed E-state index contributed by atoms with van der Waals surface area (Å²) in [5.74, 6) is 1.76. The fourth-order valence-electron chi connectivity index (χ4n) is 2.48. The van der Waals surface area contributed by atoms with Gasteiger partial charge in [0, 0.05) is 6.04 Å². The molecule has 0 bridgehead atoms. The van der Waals surface area contributed by atoms with Gasteiger partial charge in [0.25, 0.3) is 0 Å². The lowest BCUT2D eigenvalue weighted by atomic mass is 10.2. The molecule has 0 radical (unpaired) electrons. The van der Waals surface area contributed by atoms with E-state index in [2.05, 4.69) is 11.4 Å². The fraction of sp³-hybridized carbons (Fsp3) is 0.538. The number of ether oxygens (including phenoxy) is 2. The zero-order chi connectivity index (χ0) is 10.8. The molecule has 1 N–H and O–H groups in total. The van der Waals surface area contributed by atoms with Crippen LogP contribution in [0, 0.1) is 0 Å². The molecule has 1 aromatic carbocycles. The van der Waals surface area contributed by atoms with Crippen LogP contribution >= 0.6 is 0 Å².